The van der Waals surface area contributed by atoms with Crippen LogP contribution in [0.3, 0.4) is 0 Å². The Hall–Kier alpha value is -1.88. The molecular formula is C16H23N5. The predicted octanol–water partition coefficient (Wildman–Crippen LogP) is 1.89. The van der Waals surface area contributed by atoms with Crippen molar-refractivity contribution in [2.75, 3.05) is 18.0 Å². The molecule has 1 aromatic carbocycles. The van der Waals surface area contributed by atoms with E-state index in [0.717, 1.165) is 31.3 Å². The minimum atomic E-state index is 0.466. The van der Waals surface area contributed by atoms with Crippen LogP contribution in [0.15, 0.2) is 24.3 Å². The van der Waals surface area contributed by atoms with Crippen molar-refractivity contribution in [3.8, 4) is 0 Å². The monoisotopic (exact) mass is 285 g/mol. The zero-order chi connectivity index (χ0) is 14.8. The van der Waals surface area contributed by atoms with E-state index in [9.17, 15) is 0 Å². The number of benzene rings is 1. The molecule has 0 spiro atoms. The van der Waals surface area contributed by atoms with Crippen LogP contribution in [0.2, 0.25) is 0 Å². The summed E-state index contributed by atoms with van der Waals surface area (Å²) in [6, 6.07) is 9.48. The van der Waals surface area contributed by atoms with Gasteiger partial charge >= 0.3 is 0 Å². The Bertz CT molecular complexity index is 579. The second-order valence-corrected chi connectivity index (χ2v) is 6.12. The highest BCUT2D eigenvalue weighted by molar-refractivity contribution is 5.32. The maximum absolute atomic E-state index is 4.65. The average Bonchev–Trinajstić information content (AvgIpc) is 2.89. The Morgan fingerprint density at radius 1 is 1.14 bits per heavy atom. The van der Waals surface area contributed by atoms with Gasteiger partial charge < -0.3 is 10.2 Å². The summed E-state index contributed by atoms with van der Waals surface area (Å²) in [5.41, 5.74) is 2.53. The second kappa shape index (κ2) is 5.85. The third-order valence-electron chi connectivity index (χ3n) is 3.85. The standard InChI is InChI=1S/C16H23N5/c1-11-4-6-14(7-5-11)8-15-18-16(20-19-15)21-9-12(2)17-13(3)10-21/h4-7,12-13,17H,8-10H2,1-3H3,(H,18,19,20). The molecule has 2 N–H and O–H groups in total. The molecule has 1 aliphatic heterocycles. The summed E-state index contributed by atoms with van der Waals surface area (Å²) in [5.74, 6) is 1.74. The first-order valence-electron chi connectivity index (χ1n) is 7.58. The molecule has 0 radical (unpaired) electrons. The highest BCUT2D eigenvalue weighted by Gasteiger charge is 2.23. The smallest absolute Gasteiger partial charge is 0.244 e. The first-order valence-corrected chi connectivity index (χ1v) is 7.58. The van der Waals surface area contributed by atoms with Crippen LogP contribution in [0.4, 0.5) is 5.95 Å². The maximum Gasteiger partial charge on any atom is 0.244 e. The van der Waals surface area contributed by atoms with Gasteiger partial charge in [0.25, 0.3) is 0 Å². The normalized spacial score (nSPS) is 22.5. The summed E-state index contributed by atoms with van der Waals surface area (Å²) in [5, 5.41) is 11.0. The molecule has 0 amide bonds. The van der Waals surface area contributed by atoms with Gasteiger partial charge in [-0.25, -0.2) is 0 Å². The van der Waals surface area contributed by atoms with Crippen molar-refractivity contribution in [2.45, 2.75) is 39.3 Å². The van der Waals surface area contributed by atoms with Crippen LogP contribution >= 0.6 is 0 Å². The molecule has 5 heteroatoms. The van der Waals surface area contributed by atoms with Gasteiger partial charge in [-0.2, -0.15) is 4.98 Å². The minimum absolute atomic E-state index is 0.466. The van der Waals surface area contributed by atoms with Gasteiger partial charge in [0.15, 0.2) is 0 Å². The molecular weight excluding hydrogens is 262 g/mol. The Balaban J connectivity index is 1.69. The summed E-state index contributed by atoms with van der Waals surface area (Å²) < 4.78 is 0. The van der Waals surface area contributed by atoms with Crippen LogP contribution in [-0.4, -0.2) is 40.4 Å². The number of H-pyrrole nitrogens is 1. The highest BCUT2D eigenvalue weighted by atomic mass is 15.4. The topological polar surface area (TPSA) is 56.8 Å². The number of aromatic amines is 1. The number of piperazine rings is 1. The fourth-order valence-electron chi connectivity index (χ4n) is 2.90. The largest absolute Gasteiger partial charge is 0.336 e. The maximum atomic E-state index is 4.65. The summed E-state index contributed by atoms with van der Waals surface area (Å²) in [4.78, 5) is 6.90. The molecule has 2 unspecified atom stereocenters. The van der Waals surface area contributed by atoms with E-state index in [1.807, 2.05) is 0 Å². The first-order chi connectivity index (χ1) is 10.1. The number of anilines is 1. The van der Waals surface area contributed by atoms with Crippen LogP contribution in [0.5, 0.6) is 0 Å². The van der Waals surface area contributed by atoms with E-state index >= 15 is 0 Å². The molecule has 0 aliphatic carbocycles. The summed E-state index contributed by atoms with van der Waals surface area (Å²) in [7, 11) is 0. The average molecular weight is 285 g/mol. The predicted molar refractivity (Wildman–Crippen MR) is 84.6 cm³/mol. The lowest BCUT2D eigenvalue weighted by Crippen LogP contribution is -2.54. The Labute approximate surface area is 125 Å². The number of hydrogen-bond donors (Lipinski definition) is 2. The van der Waals surface area contributed by atoms with Crippen molar-refractivity contribution in [3.63, 3.8) is 0 Å². The number of rotatable bonds is 3. The fourth-order valence-corrected chi connectivity index (χ4v) is 2.90. The Morgan fingerprint density at radius 2 is 1.81 bits per heavy atom. The third kappa shape index (κ3) is 3.42. The van der Waals surface area contributed by atoms with Crippen LogP contribution in [0, 0.1) is 6.92 Å². The lowest BCUT2D eigenvalue weighted by molar-refractivity contribution is 0.403. The molecule has 0 bridgehead atoms. The Kier molecular flexibility index (Phi) is 3.92. The van der Waals surface area contributed by atoms with Crippen molar-refractivity contribution >= 4 is 5.95 Å². The number of aryl methyl sites for hydroxylation is 1. The van der Waals surface area contributed by atoms with E-state index in [2.05, 4.69) is 70.4 Å². The number of nitrogens with one attached hydrogen (secondary N) is 2. The van der Waals surface area contributed by atoms with Gasteiger partial charge in [-0.3, -0.25) is 5.10 Å². The van der Waals surface area contributed by atoms with E-state index in [1.165, 1.54) is 11.1 Å². The summed E-state index contributed by atoms with van der Waals surface area (Å²) in [6.45, 7) is 8.40. The van der Waals surface area contributed by atoms with E-state index in [-0.39, 0.29) is 0 Å². The van der Waals surface area contributed by atoms with E-state index in [4.69, 9.17) is 0 Å². The second-order valence-electron chi connectivity index (χ2n) is 6.12. The lowest BCUT2D eigenvalue weighted by atomic mass is 10.1. The van der Waals surface area contributed by atoms with Crippen LogP contribution in [0.25, 0.3) is 0 Å². The van der Waals surface area contributed by atoms with Gasteiger partial charge in [-0.1, -0.05) is 29.8 Å². The van der Waals surface area contributed by atoms with E-state index < -0.39 is 0 Å². The molecule has 1 aromatic heterocycles. The molecule has 1 aliphatic rings. The van der Waals surface area contributed by atoms with E-state index in [0.29, 0.717) is 12.1 Å². The Morgan fingerprint density at radius 3 is 2.48 bits per heavy atom. The van der Waals surface area contributed by atoms with Crippen LogP contribution in [-0.2, 0) is 6.42 Å². The van der Waals surface area contributed by atoms with Gasteiger partial charge in [0.2, 0.25) is 5.95 Å². The summed E-state index contributed by atoms with van der Waals surface area (Å²) >= 11 is 0. The highest BCUT2D eigenvalue weighted by Crippen LogP contribution is 2.14. The molecule has 2 heterocycles. The number of aromatic nitrogens is 3. The van der Waals surface area contributed by atoms with Gasteiger partial charge in [0.1, 0.15) is 5.82 Å². The zero-order valence-electron chi connectivity index (χ0n) is 12.9. The first kappa shape index (κ1) is 14.1. The van der Waals surface area contributed by atoms with Gasteiger partial charge in [-0.15, -0.1) is 5.10 Å². The van der Waals surface area contributed by atoms with E-state index in [1.54, 1.807) is 0 Å². The van der Waals surface area contributed by atoms with Crippen LogP contribution < -0.4 is 10.2 Å². The molecule has 3 rings (SSSR count). The lowest BCUT2D eigenvalue weighted by Gasteiger charge is -2.35. The van der Waals surface area contributed by atoms with Crippen molar-refractivity contribution in [2.24, 2.45) is 0 Å². The molecule has 1 fully saturated rings. The van der Waals surface area contributed by atoms with Crippen molar-refractivity contribution in [1.82, 2.24) is 20.5 Å². The molecule has 2 atom stereocenters. The number of hydrogen-bond acceptors (Lipinski definition) is 4. The molecule has 112 valence electrons. The molecule has 2 aromatic rings. The third-order valence-corrected chi connectivity index (χ3v) is 3.85. The van der Waals surface area contributed by atoms with Crippen molar-refractivity contribution < 1.29 is 0 Å². The van der Waals surface area contributed by atoms with Gasteiger partial charge in [0, 0.05) is 31.6 Å². The van der Waals surface area contributed by atoms with Crippen molar-refractivity contribution in [1.29, 1.82) is 0 Å². The molecule has 21 heavy (non-hydrogen) atoms. The summed E-state index contributed by atoms with van der Waals surface area (Å²) in [6.07, 6.45) is 0.796. The van der Waals surface area contributed by atoms with Crippen LogP contribution in [0.1, 0.15) is 30.8 Å². The minimum Gasteiger partial charge on any atom is -0.336 e. The SMILES string of the molecule is Cc1ccc(Cc2nc(N3CC(C)NC(C)C3)n[nH]2)cc1. The molecule has 1 saturated heterocycles. The molecule has 5 nitrogen and oxygen atoms in total. The number of nitrogens with zero attached hydrogens (tertiary/aromatic N) is 3. The quantitative estimate of drug-likeness (QED) is 0.904. The zero-order valence-corrected chi connectivity index (χ0v) is 12.9. The van der Waals surface area contributed by atoms with Gasteiger partial charge in [-0.05, 0) is 26.3 Å². The molecule has 0 saturated carbocycles. The van der Waals surface area contributed by atoms with Crippen molar-refractivity contribution in [3.05, 3.63) is 41.2 Å². The fraction of sp³-hybridized carbons (Fsp3) is 0.500. The van der Waals surface area contributed by atoms with Gasteiger partial charge in [0.05, 0.1) is 0 Å².